The SMILES string of the molecule is Cc1[nH]c(=S)sc1CC(=O)Nc1cccc(F)c1. The first-order valence-corrected chi connectivity index (χ1v) is 6.51. The number of anilines is 1. The van der Waals surface area contributed by atoms with E-state index < -0.39 is 0 Å². The summed E-state index contributed by atoms with van der Waals surface area (Å²) >= 11 is 6.38. The number of nitrogens with one attached hydrogen (secondary N) is 2. The Kier molecular flexibility index (Phi) is 3.88. The van der Waals surface area contributed by atoms with E-state index in [2.05, 4.69) is 10.3 Å². The summed E-state index contributed by atoms with van der Waals surface area (Å²) in [6, 6.07) is 5.81. The van der Waals surface area contributed by atoms with Crippen molar-refractivity contribution >= 4 is 35.1 Å². The van der Waals surface area contributed by atoms with Crippen LogP contribution in [0.3, 0.4) is 0 Å². The van der Waals surface area contributed by atoms with Gasteiger partial charge in [-0.05, 0) is 37.3 Å². The molecule has 0 fully saturated rings. The molecule has 1 aromatic heterocycles. The molecule has 0 unspecified atom stereocenters. The van der Waals surface area contributed by atoms with Crippen molar-refractivity contribution in [2.24, 2.45) is 0 Å². The van der Waals surface area contributed by atoms with Crippen molar-refractivity contribution in [3.05, 3.63) is 44.6 Å². The number of halogens is 1. The van der Waals surface area contributed by atoms with Gasteiger partial charge in [0.15, 0.2) is 3.95 Å². The number of amides is 1. The summed E-state index contributed by atoms with van der Waals surface area (Å²) in [5.74, 6) is -0.560. The summed E-state index contributed by atoms with van der Waals surface area (Å²) in [5, 5.41) is 2.65. The van der Waals surface area contributed by atoms with E-state index in [4.69, 9.17) is 12.2 Å². The molecular formula is C12H11FN2OS2. The topological polar surface area (TPSA) is 44.9 Å². The van der Waals surface area contributed by atoms with Crippen LogP contribution in [0.5, 0.6) is 0 Å². The number of carbonyl (C=O) groups is 1. The Morgan fingerprint density at radius 2 is 2.33 bits per heavy atom. The van der Waals surface area contributed by atoms with E-state index in [9.17, 15) is 9.18 Å². The first-order chi connectivity index (χ1) is 8.54. The third kappa shape index (κ3) is 3.24. The molecule has 0 saturated carbocycles. The first kappa shape index (κ1) is 12.9. The van der Waals surface area contributed by atoms with Crippen LogP contribution in [0.15, 0.2) is 24.3 Å². The highest BCUT2D eigenvalue weighted by atomic mass is 32.1. The Labute approximate surface area is 113 Å². The van der Waals surface area contributed by atoms with Crippen molar-refractivity contribution in [3.8, 4) is 0 Å². The van der Waals surface area contributed by atoms with E-state index in [1.165, 1.54) is 23.5 Å². The molecule has 0 aliphatic heterocycles. The molecule has 0 saturated heterocycles. The summed E-state index contributed by atoms with van der Waals surface area (Å²) < 4.78 is 13.6. The van der Waals surface area contributed by atoms with E-state index in [0.717, 1.165) is 10.6 Å². The lowest BCUT2D eigenvalue weighted by Crippen LogP contribution is -2.14. The summed E-state index contributed by atoms with van der Waals surface area (Å²) in [6.07, 6.45) is 0.236. The predicted molar refractivity (Wildman–Crippen MR) is 73.0 cm³/mol. The van der Waals surface area contributed by atoms with Crippen molar-refractivity contribution < 1.29 is 9.18 Å². The largest absolute Gasteiger partial charge is 0.341 e. The maximum Gasteiger partial charge on any atom is 0.229 e. The van der Waals surface area contributed by atoms with Gasteiger partial charge in [-0.15, -0.1) is 11.3 Å². The fourth-order valence-electron chi connectivity index (χ4n) is 1.52. The van der Waals surface area contributed by atoms with Gasteiger partial charge in [-0.3, -0.25) is 4.79 Å². The van der Waals surface area contributed by atoms with Crippen LogP contribution in [-0.2, 0) is 11.2 Å². The Bertz CT molecular complexity index is 633. The van der Waals surface area contributed by atoms with E-state index in [1.54, 1.807) is 12.1 Å². The molecule has 2 rings (SSSR count). The van der Waals surface area contributed by atoms with Crippen LogP contribution < -0.4 is 5.32 Å². The molecule has 1 amide bonds. The first-order valence-electron chi connectivity index (χ1n) is 5.28. The van der Waals surface area contributed by atoms with Crippen LogP contribution in [0.1, 0.15) is 10.6 Å². The summed E-state index contributed by atoms with van der Waals surface area (Å²) in [5.41, 5.74) is 1.36. The van der Waals surface area contributed by atoms with Gasteiger partial charge in [0.2, 0.25) is 5.91 Å². The second-order valence-corrected chi connectivity index (χ2v) is 5.57. The van der Waals surface area contributed by atoms with Crippen LogP contribution in [0.4, 0.5) is 10.1 Å². The van der Waals surface area contributed by atoms with Crippen molar-refractivity contribution in [2.45, 2.75) is 13.3 Å². The standard InChI is InChI=1S/C12H11FN2OS2/c1-7-10(18-12(17)14-7)6-11(16)15-9-4-2-3-8(13)5-9/h2-5H,6H2,1H3,(H,14,17)(H,15,16). The maximum atomic E-state index is 12.9. The molecule has 2 aromatic rings. The van der Waals surface area contributed by atoms with E-state index >= 15 is 0 Å². The number of aryl methyl sites for hydroxylation is 1. The summed E-state index contributed by atoms with van der Waals surface area (Å²) in [6.45, 7) is 1.87. The van der Waals surface area contributed by atoms with Crippen LogP contribution in [0, 0.1) is 16.7 Å². The molecule has 0 atom stereocenters. The molecule has 0 spiro atoms. The van der Waals surface area contributed by atoms with Crippen LogP contribution >= 0.6 is 23.6 Å². The quantitative estimate of drug-likeness (QED) is 0.847. The van der Waals surface area contributed by atoms with Gasteiger partial charge < -0.3 is 10.3 Å². The van der Waals surface area contributed by atoms with E-state index in [1.807, 2.05) is 6.92 Å². The maximum absolute atomic E-state index is 12.9. The number of hydrogen-bond acceptors (Lipinski definition) is 3. The van der Waals surface area contributed by atoms with Gasteiger partial charge in [0, 0.05) is 16.3 Å². The van der Waals surface area contributed by atoms with Crippen molar-refractivity contribution in [3.63, 3.8) is 0 Å². The van der Waals surface area contributed by atoms with Crippen LogP contribution in [0.25, 0.3) is 0 Å². The van der Waals surface area contributed by atoms with Gasteiger partial charge in [-0.2, -0.15) is 0 Å². The third-order valence-electron chi connectivity index (χ3n) is 2.35. The number of H-pyrrole nitrogens is 1. The van der Waals surface area contributed by atoms with Crippen molar-refractivity contribution in [1.29, 1.82) is 0 Å². The molecular weight excluding hydrogens is 271 g/mol. The smallest absolute Gasteiger partial charge is 0.229 e. The lowest BCUT2D eigenvalue weighted by atomic mass is 10.2. The Morgan fingerprint density at radius 1 is 1.56 bits per heavy atom. The second kappa shape index (κ2) is 5.41. The monoisotopic (exact) mass is 282 g/mol. The minimum atomic E-state index is -0.374. The second-order valence-electron chi connectivity index (χ2n) is 3.80. The number of aromatic amines is 1. The minimum absolute atomic E-state index is 0.186. The van der Waals surface area contributed by atoms with Crippen molar-refractivity contribution in [1.82, 2.24) is 4.98 Å². The number of benzene rings is 1. The van der Waals surface area contributed by atoms with E-state index in [0.29, 0.717) is 9.64 Å². The molecule has 0 radical (unpaired) electrons. The lowest BCUT2D eigenvalue weighted by Gasteiger charge is -2.04. The number of carbonyl (C=O) groups excluding carboxylic acids is 1. The fraction of sp³-hybridized carbons (Fsp3) is 0.167. The average Bonchev–Trinajstić information content (AvgIpc) is 2.57. The molecule has 6 heteroatoms. The van der Waals surface area contributed by atoms with Gasteiger partial charge in [0.25, 0.3) is 0 Å². The summed E-state index contributed by atoms with van der Waals surface area (Å²) in [7, 11) is 0. The number of hydrogen-bond donors (Lipinski definition) is 2. The molecule has 18 heavy (non-hydrogen) atoms. The lowest BCUT2D eigenvalue weighted by molar-refractivity contribution is -0.115. The molecule has 94 valence electrons. The van der Waals surface area contributed by atoms with Gasteiger partial charge in [-0.1, -0.05) is 6.07 Å². The molecule has 3 nitrogen and oxygen atoms in total. The van der Waals surface area contributed by atoms with Crippen molar-refractivity contribution in [2.75, 3.05) is 5.32 Å². The van der Waals surface area contributed by atoms with Gasteiger partial charge in [0.1, 0.15) is 5.82 Å². The fourth-order valence-corrected chi connectivity index (χ4v) is 2.81. The zero-order valence-corrected chi connectivity index (χ0v) is 11.3. The molecule has 2 N–H and O–H groups in total. The van der Waals surface area contributed by atoms with E-state index in [-0.39, 0.29) is 18.1 Å². The summed E-state index contributed by atoms with van der Waals surface area (Å²) in [4.78, 5) is 15.7. The number of aromatic nitrogens is 1. The highest BCUT2D eigenvalue weighted by Crippen LogP contribution is 2.16. The zero-order chi connectivity index (χ0) is 13.1. The van der Waals surface area contributed by atoms with Gasteiger partial charge >= 0.3 is 0 Å². The Hall–Kier alpha value is -1.53. The highest BCUT2D eigenvalue weighted by Gasteiger charge is 2.09. The molecule has 1 heterocycles. The zero-order valence-electron chi connectivity index (χ0n) is 9.62. The van der Waals surface area contributed by atoms with Crippen LogP contribution in [0.2, 0.25) is 0 Å². The third-order valence-corrected chi connectivity index (χ3v) is 3.69. The van der Waals surface area contributed by atoms with Crippen LogP contribution in [-0.4, -0.2) is 10.9 Å². The molecule has 0 aliphatic carbocycles. The average molecular weight is 282 g/mol. The minimum Gasteiger partial charge on any atom is -0.341 e. The number of rotatable bonds is 3. The van der Waals surface area contributed by atoms with Gasteiger partial charge in [-0.25, -0.2) is 4.39 Å². The molecule has 1 aromatic carbocycles. The van der Waals surface area contributed by atoms with Gasteiger partial charge in [0.05, 0.1) is 6.42 Å². The highest BCUT2D eigenvalue weighted by molar-refractivity contribution is 7.73. The molecule has 0 bridgehead atoms. The Balaban J connectivity index is 2.05. The Morgan fingerprint density at radius 3 is 2.94 bits per heavy atom. The predicted octanol–water partition coefficient (Wildman–Crippen LogP) is 3.43. The normalized spacial score (nSPS) is 10.3. The molecule has 0 aliphatic rings. The number of thiazole rings is 1.